The summed E-state index contributed by atoms with van der Waals surface area (Å²) in [7, 11) is 0. The molecule has 0 atom stereocenters. The van der Waals surface area contributed by atoms with Gasteiger partial charge in [-0.1, -0.05) is 11.6 Å². The van der Waals surface area contributed by atoms with Gasteiger partial charge in [-0.15, -0.1) is 0 Å². The first-order chi connectivity index (χ1) is 14.0. The summed E-state index contributed by atoms with van der Waals surface area (Å²) in [6.07, 6.45) is 0.788. The zero-order valence-corrected chi connectivity index (χ0v) is 16.4. The Balaban J connectivity index is 1.54. The number of nitrogens with zero attached hydrogens (tertiary/aromatic N) is 2. The van der Waals surface area contributed by atoms with Crippen molar-refractivity contribution in [3.63, 3.8) is 0 Å². The van der Waals surface area contributed by atoms with Crippen LogP contribution in [-0.2, 0) is 4.74 Å². The Morgan fingerprint density at radius 3 is 2.83 bits per heavy atom. The molecule has 1 aromatic rings. The standard InChI is InChI=1S/C20H20ClN3O5/c21-14-10-15-17(11-16(14)26)29-18-9-12(25)8-13(19(18)23-15)20(27)22-2-1-3-24-4-6-28-7-5-24/h8-11,26H,1-7H2,(H,22,27). The summed E-state index contributed by atoms with van der Waals surface area (Å²) in [4.78, 5) is 31.5. The number of benzene rings is 2. The van der Waals surface area contributed by atoms with Crippen molar-refractivity contribution >= 4 is 28.6 Å². The molecular weight excluding hydrogens is 398 g/mol. The number of aromatic nitrogens is 1. The van der Waals surface area contributed by atoms with Gasteiger partial charge in [-0.25, -0.2) is 4.98 Å². The Bertz CT molecular complexity index is 1080. The highest BCUT2D eigenvalue weighted by atomic mass is 35.5. The van der Waals surface area contributed by atoms with Crippen molar-refractivity contribution in [2.45, 2.75) is 6.42 Å². The minimum Gasteiger partial charge on any atom is -0.506 e. The number of carbonyl (C=O) groups is 1. The summed E-state index contributed by atoms with van der Waals surface area (Å²) in [6, 6.07) is 5.29. The van der Waals surface area contributed by atoms with Crippen molar-refractivity contribution < 1.29 is 19.1 Å². The molecular formula is C20H20ClN3O5. The summed E-state index contributed by atoms with van der Waals surface area (Å²) in [5, 5.41) is 12.7. The Morgan fingerprint density at radius 1 is 1.24 bits per heavy atom. The van der Waals surface area contributed by atoms with Crippen molar-refractivity contribution in [2.24, 2.45) is 0 Å². The van der Waals surface area contributed by atoms with Crippen LogP contribution in [0.4, 0.5) is 0 Å². The van der Waals surface area contributed by atoms with E-state index in [1.807, 2.05) is 0 Å². The van der Waals surface area contributed by atoms with Gasteiger partial charge in [0, 0.05) is 37.8 Å². The number of hydrogen-bond acceptors (Lipinski definition) is 7. The fraction of sp³-hybridized carbons (Fsp3) is 0.350. The third-order valence-electron chi connectivity index (χ3n) is 4.81. The van der Waals surface area contributed by atoms with E-state index < -0.39 is 0 Å². The maximum absolute atomic E-state index is 12.7. The summed E-state index contributed by atoms with van der Waals surface area (Å²) >= 11 is 5.94. The van der Waals surface area contributed by atoms with E-state index in [-0.39, 0.29) is 44.7 Å². The average molecular weight is 418 g/mol. The first-order valence-corrected chi connectivity index (χ1v) is 9.74. The van der Waals surface area contributed by atoms with Gasteiger partial charge in [0.15, 0.2) is 16.8 Å². The number of phenolic OH excluding ortho intramolecular Hbond substituents is 1. The van der Waals surface area contributed by atoms with Gasteiger partial charge < -0.3 is 19.6 Å². The maximum atomic E-state index is 12.7. The smallest absolute Gasteiger partial charge is 0.253 e. The summed E-state index contributed by atoms with van der Waals surface area (Å²) in [5.74, 6) is -0.368. The number of hydrogen-bond donors (Lipinski definition) is 2. The lowest BCUT2D eigenvalue weighted by atomic mass is 10.1. The van der Waals surface area contributed by atoms with Gasteiger partial charge in [0.1, 0.15) is 17.0 Å². The highest BCUT2D eigenvalue weighted by Crippen LogP contribution is 2.32. The second-order valence-corrected chi connectivity index (χ2v) is 7.27. The number of amides is 1. The van der Waals surface area contributed by atoms with Crippen molar-refractivity contribution in [3.8, 4) is 17.2 Å². The van der Waals surface area contributed by atoms with E-state index in [1.54, 1.807) is 0 Å². The third kappa shape index (κ3) is 4.34. The first kappa shape index (κ1) is 19.6. The molecule has 2 aliphatic heterocycles. The molecule has 1 fully saturated rings. The predicted octanol–water partition coefficient (Wildman–Crippen LogP) is 2.10. The van der Waals surface area contributed by atoms with Crippen LogP contribution >= 0.6 is 11.6 Å². The van der Waals surface area contributed by atoms with Gasteiger partial charge in [0.25, 0.3) is 5.91 Å². The largest absolute Gasteiger partial charge is 0.506 e. The van der Waals surface area contributed by atoms with E-state index >= 15 is 0 Å². The molecule has 9 heteroatoms. The monoisotopic (exact) mass is 417 g/mol. The highest BCUT2D eigenvalue weighted by Gasteiger charge is 2.21. The van der Waals surface area contributed by atoms with Crippen molar-refractivity contribution in [2.75, 3.05) is 39.4 Å². The molecule has 2 heterocycles. The van der Waals surface area contributed by atoms with Crippen molar-refractivity contribution in [1.82, 2.24) is 15.2 Å². The van der Waals surface area contributed by atoms with Gasteiger partial charge in [-0.3, -0.25) is 14.5 Å². The van der Waals surface area contributed by atoms with Crippen molar-refractivity contribution in [3.05, 3.63) is 45.1 Å². The zero-order chi connectivity index (χ0) is 20.4. The number of aromatic hydroxyl groups is 1. The Morgan fingerprint density at radius 2 is 2.03 bits per heavy atom. The van der Waals surface area contributed by atoms with Crippen LogP contribution < -0.4 is 10.7 Å². The maximum Gasteiger partial charge on any atom is 0.253 e. The predicted molar refractivity (Wildman–Crippen MR) is 108 cm³/mol. The molecule has 0 saturated carbocycles. The summed E-state index contributed by atoms with van der Waals surface area (Å²) < 4.78 is 11.0. The van der Waals surface area contributed by atoms with Crippen LogP contribution in [-0.4, -0.2) is 60.3 Å². The fourth-order valence-electron chi connectivity index (χ4n) is 3.31. The first-order valence-electron chi connectivity index (χ1n) is 9.37. The van der Waals surface area contributed by atoms with E-state index in [0.717, 1.165) is 39.3 Å². The lowest BCUT2D eigenvalue weighted by molar-refractivity contribution is 0.0374. The van der Waals surface area contributed by atoms with E-state index in [1.165, 1.54) is 24.3 Å². The number of ether oxygens (including phenoxy) is 1. The van der Waals surface area contributed by atoms with E-state index in [4.69, 9.17) is 20.8 Å². The molecule has 8 nitrogen and oxygen atoms in total. The number of carbonyl (C=O) groups excluding carboxylic acids is 1. The quantitative estimate of drug-likeness (QED) is 0.483. The number of nitrogens with one attached hydrogen (secondary N) is 1. The topological polar surface area (TPSA) is 105 Å². The third-order valence-corrected chi connectivity index (χ3v) is 5.12. The second kappa shape index (κ2) is 8.36. The highest BCUT2D eigenvalue weighted by molar-refractivity contribution is 6.32. The molecule has 1 aliphatic carbocycles. The summed E-state index contributed by atoms with van der Waals surface area (Å²) in [6.45, 7) is 4.61. The normalized spacial score (nSPS) is 15.1. The molecule has 1 saturated heterocycles. The van der Waals surface area contributed by atoms with Gasteiger partial charge in [-0.2, -0.15) is 0 Å². The molecule has 0 radical (unpaired) electrons. The molecule has 0 unspecified atom stereocenters. The molecule has 29 heavy (non-hydrogen) atoms. The van der Waals surface area contributed by atoms with Crippen LogP contribution in [0.2, 0.25) is 5.02 Å². The van der Waals surface area contributed by atoms with E-state index in [2.05, 4.69) is 15.2 Å². The minimum atomic E-state index is -0.387. The van der Waals surface area contributed by atoms with Crippen LogP contribution in [0.3, 0.4) is 0 Å². The Hall–Kier alpha value is -2.68. The van der Waals surface area contributed by atoms with Gasteiger partial charge in [0.05, 0.1) is 23.8 Å². The average Bonchev–Trinajstić information content (AvgIpc) is 2.71. The minimum absolute atomic E-state index is 0.120. The van der Waals surface area contributed by atoms with Crippen LogP contribution in [0.15, 0.2) is 33.5 Å². The molecule has 3 aliphatic rings. The van der Waals surface area contributed by atoms with Crippen molar-refractivity contribution in [1.29, 1.82) is 0 Å². The Kier molecular flexibility index (Phi) is 5.66. The van der Waals surface area contributed by atoms with Gasteiger partial charge >= 0.3 is 0 Å². The Labute approximate surface area is 171 Å². The molecule has 4 rings (SSSR count). The van der Waals surface area contributed by atoms with E-state index in [9.17, 15) is 14.7 Å². The van der Waals surface area contributed by atoms with E-state index in [0.29, 0.717) is 12.1 Å². The summed E-state index contributed by atoms with van der Waals surface area (Å²) in [5.41, 5.74) is 0.694. The number of rotatable bonds is 5. The van der Waals surface area contributed by atoms with Crippen LogP contribution in [0.25, 0.3) is 22.6 Å². The number of morpholine rings is 1. The number of phenols is 1. The van der Waals surface area contributed by atoms with Crippen LogP contribution in [0.1, 0.15) is 16.8 Å². The second-order valence-electron chi connectivity index (χ2n) is 6.87. The number of halogens is 1. The zero-order valence-electron chi connectivity index (χ0n) is 15.6. The van der Waals surface area contributed by atoms with Gasteiger partial charge in [-0.05, 0) is 19.0 Å². The fourth-order valence-corrected chi connectivity index (χ4v) is 3.47. The molecule has 1 aromatic carbocycles. The van der Waals surface area contributed by atoms with Gasteiger partial charge in [0.2, 0.25) is 0 Å². The molecule has 2 N–H and O–H groups in total. The molecule has 0 aromatic heterocycles. The number of fused-ring (bicyclic) bond motifs is 2. The van der Waals surface area contributed by atoms with Crippen LogP contribution in [0.5, 0.6) is 5.75 Å². The molecule has 0 spiro atoms. The SMILES string of the molecule is O=C(NCCCN1CCOCC1)c1cc(=O)cc2oc3cc(O)c(Cl)cc3nc1-2. The lowest BCUT2D eigenvalue weighted by Gasteiger charge is -2.26. The van der Waals surface area contributed by atoms with Crippen LogP contribution in [0, 0.1) is 0 Å². The molecule has 152 valence electrons. The lowest BCUT2D eigenvalue weighted by Crippen LogP contribution is -2.38. The molecule has 1 amide bonds. The molecule has 0 bridgehead atoms.